The Morgan fingerprint density at radius 2 is 0.355 bits per heavy atom. The molecular weight excluding hydrogens is 937 g/mol. The standard InChI is InChI=1S/C70H136O6/c1-4-7-10-13-16-19-22-25-27-28-29-30-31-32-33-34-35-36-37-38-39-40-41-43-45-48-51-54-57-60-63-69(72)75-66-67(65-74-68(71)62-59-56-53-50-47-44-24-21-18-15-12-9-6-3)76-70(73)64-61-58-55-52-49-46-42-26-23-20-17-14-11-8-5-2/h67H,4-66H2,1-3H3. The van der Waals surface area contributed by atoms with Crippen molar-refractivity contribution in [1.29, 1.82) is 0 Å². The van der Waals surface area contributed by atoms with Crippen molar-refractivity contribution >= 4 is 17.9 Å². The summed E-state index contributed by atoms with van der Waals surface area (Å²) >= 11 is 0. The number of hydrogen-bond donors (Lipinski definition) is 0. The molecule has 0 aromatic carbocycles. The molecule has 1 atom stereocenters. The van der Waals surface area contributed by atoms with Crippen molar-refractivity contribution in [3.05, 3.63) is 0 Å². The SMILES string of the molecule is CCCCCCCCCCCCCCCCCCCCCCCCCCCCCCCCC(=O)OCC(COC(=O)CCCCCCCCCCCCCCC)OC(=O)CCCCCCCCCCCCCCCCC. The Kier molecular flexibility index (Phi) is 64.5. The molecule has 0 aromatic heterocycles. The van der Waals surface area contributed by atoms with Crippen LogP contribution in [-0.4, -0.2) is 37.2 Å². The monoisotopic (exact) mass is 1070 g/mol. The summed E-state index contributed by atoms with van der Waals surface area (Å²) in [6.45, 7) is 6.73. The number of ether oxygens (including phenoxy) is 3. The topological polar surface area (TPSA) is 78.9 Å². The van der Waals surface area contributed by atoms with Crippen LogP contribution in [0.25, 0.3) is 0 Å². The lowest BCUT2D eigenvalue weighted by molar-refractivity contribution is -0.167. The minimum atomic E-state index is -0.762. The van der Waals surface area contributed by atoms with Gasteiger partial charge in [-0.05, 0) is 19.3 Å². The third-order valence-corrected chi connectivity index (χ3v) is 16.4. The van der Waals surface area contributed by atoms with Crippen LogP contribution in [0.3, 0.4) is 0 Å². The first-order valence-corrected chi connectivity index (χ1v) is 35.0. The Bertz CT molecular complexity index is 1140. The first-order valence-electron chi connectivity index (χ1n) is 35.0. The molecule has 0 aliphatic rings. The van der Waals surface area contributed by atoms with E-state index in [4.69, 9.17) is 14.2 Å². The Morgan fingerprint density at radius 1 is 0.211 bits per heavy atom. The predicted molar refractivity (Wildman–Crippen MR) is 330 cm³/mol. The first kappa shape index (κ1) is 74.4. The molecule has 0 saturated heterocycles. The molecule has 76 heavy (non-hydrogen) atoms. The minimum Gasteiger partial charge on any atom is -0.462 e. The van der Waals surface area contributed by atoms with Crippen LogP contribution in [0, 0.1) is 0 Å². The van der Waals surface area contributed by atoms with Gasteiger partial charge in [-0.15, -0.1) is 0 Å². The highest BCUT2D eigenvalue weighted by atomic mass is 16.6. The number of hydrogen-bond acceptors (Lipinski definition) is 6. The molecule has 0 amide bonds. The van der Waals surface area contributed by atoms with E-state index in [1.165, 1.54) is 315 Å². The highest BCUT2D eigenvalue weighted by Crippen LogP contribution is 2.19. The highest BCUT2D eigenvalue weighted by Gasteiger charge is 2.19. The van der Waals surface area contributed by atoms with Crippen molar-refractivity contribution in [2.24, 2.45) is 0 Å². The molecule has 6 heteroatoms. The number of unbranched alkanes of at least 4 members (excludes halogenated alkanes) is 55. The van der Waals surface area contributed by atoms with Crippen molar-refractivity contribution in [3.63, 3.8) is 0 Å². The maximum Gasteiger partial charge on any atom is 0.306 e. The van der Waals surface area contributed by atoms with E-state index in [0.29, 0.717) is 19.3 Å². The predicted octanol–water partition coefficient (Wildman–Crippen LogP) is 23.8. The molecule has 0 heterocycles. The fraction of sp³-hybridized carbons (Fsp3) is 0.957. The molecule has 0 aliphatic carbocycles. The third-order valence-electron chi connectivity index (χ3n) is 16.4. The molecule has 1 unspecified atom stereocenters. The normalized spacial score (nSPS) is 11.9. The van der Waals surface area contributed by atoms with Crippen molar-refractivity contribution in [2.75, 3.05) is 13.2 Å². The summed E-state index contributed by atoms with van der Waals surface area (Å²) in [7, 11) is 0. The fourth-order valence-corrected chi connectivity index (χ4v) is 11.1. The number of carbonyl (C=O) groups excluding carboxylic acids is 3. The molecule has 0 rings (SSSR count). The number of carbonyl (C=O) groups is 3. The van der Waals surface area contributed by atoms with E-state index in [1.54, 1.807) is 0 Å². The summed E-state index contributed by atoms with van der Waals surface area (Å²) in [4.78, 5) is 38.3. The third kappa shape index (κ3) is 63.2. The van der Waals surface area contributed by atoms with Gasteiger partial charge in [0.15, 0.2) is 6.10 Å². The first-order chi connectivity index (χ1) is 37.5. The van der Waals surface area contributed by atoms with E-state index in [2.05, 4.69) is 20.8 Å². The second kappa shape index (κ2) is 65.9. The zero-order valence-electron chi connectivity index (χ0n) is 52.1. The maximum absolute atomic E-state index is 12.9. The van der Waals surface area contributed by atoms with Crippen molar-refractivity contribution < 1.29 is 28.6 Å². The van der Waals surface area contributed by atoms with Crippen molar-refractivity contribution in [3.8, 4) is 0 Å². The average Bonchev–Trinajstić information content (AvgIpc) is 3.42. The quantitative estimate of drug-likeness (QED) is 0.0343. The number of esters is 3. The Labute approximate surface area is 476 Å². The molecule has 0 bridgehead atoms. The zero-order chi connectivity index (χ0) is 55.0. The lowest BCUT2D eigenvalue weighted by atomic mass is 10.0. The molecule has 0 spiro atoms. The highest BCUT2D eigenvalue weighted by molar-refractivity contribution is 5.71. The molecule has 0 fully saturated rings. The van der Waals surface area contributed by atoms with E-state index in [0.717, 1.165) is 57.8 Å². The zero-order valence-corrected chi connectivity index (χ0v) is 52.1. The van der Waals surface area contributed by atoms with Crippen LogP contribution < -0.4 is 0 Å². The van der Waals surface area contributed by atoms with E-state index in [1.807, 2.05) is 0 Å². The Balaban J connectivity index is 4.08. The van der Waals surface area contributed by atoms with Gasteiger partial charge in [0.25, 0.3) is 0 Å². The second-order valence-corrected chi connectivity index (χ2v) is 24.2. The fourth-order valence-electron chi connectivity index (χ4n) is 11.1. The second-order valence-electron chi connectivity index (χ2n) is 24.2. The summed E-state index contributed by atoms with van der Waals surface area (Å²) in [5.41, 5.74) is 0. The van der Waals surface area contributed by atoms with Gasteiger partial charge < -0.3 is 14.2 Å². The largest absolute Gasteiger partial charge is 0.462 e. The number of rotatable bonds is 66. The van der Waals surface area contributed by atoms with E-state index in [9.17, 15) is 14.4 Å². The van der Waals surface area contributed by atoms with E-state index < -0.39 is 6.10 Å². The smallest absolute Gasteiger partial charge is 0.306 e. The molecule has 0 radical (unpaired) electrons. The van der Waals surface area contributed by atoms with Crippen molar-refractivity contribution in [1.82, 2.24) is 0 Å². The van der Waals surface area contributed by atoms with E-state index >= 15 is 0 Å². The van der Waals surface area contributed by atoms with Crippen LogP contribution in [0.15, 0.2) is 0 Å². The van der Waals surface area contributed by atoms with Gasteiger partial charge in [0.2, 0.25) is 0 Å². The molecule has 0 aromatic rings. The molecule has 6 nitrogen and oxygen atoms in total. The summed E-state index contributed by atoms with van der Waals surface area (Å²) in [5, 5.41) is 0. The molecule has 0 saturated carbocycles. The van der Waals surface area contributed by atoms with Gasteiger partial charge in [-0.1, -0.05) is 374 Å². The van der Waals surface area contributed by atoms with Gasteiger partial charge in [-0.25, -0.2) is 0 Å². The van der Waals surface area contributed by atoms with E-state index in [-0.39, 0.29) is 31.1 Å². The Morgan fingerprint density at radius 3 is 0.526 bits per heavy atom. The van der Waals surface area contributed by atoms with Crippen molar-refractivity contribution in [2.45, 2.75) is 419 Å². The summed E-state index contributed by atoms with van der Waals surface area (Å²) in [5.74, 6) is -0.824. The van der Waals surface area contributed by atoms with Gasteiger partial charge in [0.1, 0.15) is 13.2 Å². The van der Waals surface area contributed by atoms with Crippen LogP contribution in [0.5, 0.6) is 0 Å². The van der Waals surface area contributed by atoms with Gasteiger partial charge in [0, 0.05) is 19.3 Å². The maximum atomic E-state index is 12.9. The minimum absolute atomic E-state index is 0.0605. The molecule has 0 N–H and O–H groups in total. The lowest BCUT2D eigenvalue weighted by Crippen LogP contribution is -2.30. The van der Waals surface area contributed by atoms with Gasteiger partial charge in [-0.3, -0.25) is 14.4 Å². The van der Waals surface area contributed by atoms with Gasteiger partial charge in [0.05, 0.1) is 0 Å². The molecule has 0 aliphatic heterocycles. The summed E-state index contributed by atoms with van der Waals surface area (Å²) in [6.07, 6.45) is 77.1. The van der Waals surface area contributed by atoms with Crippen LogP contribution in [0.4, 0.5) is 0 Å². The summed E-state index contributed by atoms with van der Waals surface area (Å²) < 4.78 is 17.0. The molecular formula is C70H136O6. The van der Waals surface area contributed by atoms with Gasteiger partial charge >= 0.3 is 17.9 Å². The van der Waals surface area contributed by atoms with Crippen LogP contribution >= 0.6 is 0 Å². The van der Waals surface area contributed by atoms with Crippen LogP contribution in [0.1, 0.15) is 412 Å². The van der Waals surface area contributed by atoms with Crippen LogP contribution in [0.2, 0.25) is 0 Å². The Hall–Kier alpha value is -1.59. The summed E-state index contributed by atoms with van der Waals surface area (Å²) in [6, 6.07) is 0. The average molecular weight is 1070 g/mol. The van der Waals surface area contributed by atoms with Crippen LogP contribution in [-0.2, 0) is 28.6 Å². The molecule has 452 valence electrons. The van der Waals surface area contributed by atoms with Gasteiger partial charge in [-0.2, -0.15) is 0 Å². The lowest BCUT2D eigenvalue weighted by Gasteiger charge is -2.18.